The molecule has 154 valence electrons. The van der Waals surface area contributed by atoms with Gasteiger partial charge in [-0.1, -0.05) is 66.0 Å². The van der Waals surface area contributed by atoms with Gasteiger partial charge in [0.05, 0.1) is 18.6 Å². The Labute approximate surface area is 162 Å². The fourth-order valence-electron chi connectivity index (χ4n) is 2.60. The topological polar surface area (TPSA) is 55.8 Å². The summed E-state index contributed by atoms with van der Waals surface area (Å²) in [6.45, 7) is 17.0. The number of carbonyl (C=O) groups is 1. The molecule has 0 bridgehead atoms. The molecule has 0 saturated heterocycles. The molecule has 1 N–H and O–H groups in total. The van der Waals surface area contributed by atoms with Gasteiger partial charge in [0.25, 0.3) is 0 Å². The summed E-state index contributed by atoms with van der Waals surface area (Å²) in [5.41, 5.74) is 0. The van der Waals surface area contributed by atoms with Gasteiger partial charge in [-0.2, -0.15) is 0 Å². The van der Waals surface area contributed by atoms with Crippen LogP contribution in [0.2, 0.25) is 18.1 Å². The molecule has 0 aromatic rings. The number of rotatable bonds is 14. The van der Waals surface area contributed by atoms with E-state index in [1.54, 1.807) is 6.08 Å². The number of esters is 1. The highest BCUT2D eigenvalue weighted by atomic mass is 28.4. The molecule has 26 heavy (non-hydrogen) atoms. The maximum Gasteiger partial charge on any atom is 0.308 e. The van der Waals surface area contributed by atoms with Crippen LogP contribution in [0.15, 0.2) is 12.7 Å². The van der Waals surface area contributed by atoms with E-state index < -0.39 is 8.32 Å². The molecule has 0 aliphatic rings. The molecular weight excluding hydrogens is 344 g/mol. The molecule has 4 nitrogen and oxygen atoms in total. The van der Waals surface area contributed by atoms with Crippen molar-refractivity contribution in [1.82, 2.24) is 0 Å². The summed E-state index contributed by atoms with van der Waals surface area (Å²) in [6.07, 6.45) is 8.34. The average Bonchev–Trinajstić information content (AvgIpc) is 2.51. The quantitative estimate of drug-likeness (QED) is 0.182. The number of aliphatic hydroxyl groups is 1. The highest BCUT2D eigenvalue weighted by Gasteiger charge is 2.39. The van der Waals surface area contributed by atoms with Crippen LogP contribution in [0.1, 0.15) is 79.1 Å². The van der Waals surface area contributed by atoms with Gasteiger partial charge in [-0.05, 0) is 37.4 Å². The molecule has 5 heteroatoms. The third kappa shape index (κ3) is 11.1. The second-order valence-corrected chi connectivity index (χ2v) is 13.5. The largest absolute Gasteiger partial charge is 0.461 e. The summed E-state index contributed by atoms with van der Waals surface area (Å²) in [4.78, 5) is 12.0. The monoisotopic (exact) mass is 386 g/mol. The Morgan fingerprint density at radius 2 is 1.77 bits per heavy atom. The highest BCUT2D eigenvalue weighted by Crippen LogP contribution is 2.38. The molecule has 0 saturated carbocycles. The Bertz CT molecular complexity index is 401. The second-order valence-electron chi connectivity index (χ2n) is 8.76. The van der Waals surface area contributed by atoms with Crippen molar-refractivity contribution in [3.05, 3.63) is 12.7 Å². The van der Waals surface area contributed by atoms with Crippen molar-refractivity contribution in [2.24, 2.45) is 0 Å². The van der Waals surface area contributed by atoms with Crippen molar-refractivity contribution in [3.63, 3.8) is 0 Å². The fourth-order valence-corrected chi connectivity index (χ4v) is 3.99. The molecule has 0 aromatic heterocycles. The van der Waals surface area contributed by atoms with Crippen LogP contribution in [-0.2, 0) is 14.0 Å². The maximum absolute atomic E-state index is 12.0. The van der Waals surface area contributed by atoms with Gasteiger partial charge in [-0.3, -0.25) is 4.79 Å². The molecule has 0 rings (SSSR count). The van der Waals surface area contributed by atoms with Crippen LogP contribution in [0.5, 0.6) is 0 Å². The first-order valence-electron chi connectivity index (χ1n) is 10.2. The number of carbonyl (C=O) groups excluding carboxylic acids is 1. The third-order valence-electron chi connectivity index (χ3n) is 5.21. The van der Waals surface area contributed by atoms with Crippen LogP contribution in [-0.4, -0.2) is 38.2 Å². The zero-order valence-electron chi connectivity index (χ0n) is 18.0. The first kappa shape index (κ1) is 25.3. The number of unbranched alkanes of at least 4 members (excludes halogenated alkanes) is 2. The molecule has 0 aliphatic carbocycles. The predicted octanol–water partition coefficient (Wildman–Crippen LogP) is 5.61. The summed E-state index contributed by atoms with van der Waals surface area (Å²) < 4.78 is 11.6. The minimum Gasteiger partial charge on any atom is -0.461 e. The maximum atomic E-state index is 12.0. The van der Waals surface area contributed by atoms with Gasteiger partial charge in [0.15, 0.2) is 8.32 Å². The van der Waals surface area contributed by atoms with Gasteiger partial charge in [-0.15, -0.1) is 0 Å². The van der Waals surface area contributed by atoms with E-state index in [2.05, 4.69) is 47.4 Å². The Morgan fingerprint density at radius 1 is 1.15 bits per heavy atom. The van der Waals surface area contributed by atoms with Crippen LogP contribution in [0, 0.1) is 0 Å². The molecule has 0 aliphatic heterocycles. The number of hydrogen-bond acceptors (Lipinski definition) is 4. The number of aliphatic hydroxyl groups excluding tert-OH is 1. The number of ether oxygens (including phenoxy) is 1. The van der Waals surface area contributed by atoms with Gasteiger partial charge in [0, 0.05) is 0 Å². The van der Waals surface area contributed by atoms with Gasteiger partial charge in [-0.25, -0.2) is 0 Å². The smallest absolute Gasteiger partial charge is 0.308 e. The van der Waals surface area contributed by atoms with E-state index in [4.69, 9.17) is 9.16 Å². The van der Waals surface area contributed by atoms with E-state index in [0.717, 1.165) is 44.9 Å². The van der Waals surface area contributed by atoms with E-state index in [1.165, 1.54) is 0 Å². The Balaban J connectivity index is 4.54. The summed E-state index contributed by atoms with van der Waals surface area (Å²) in [6, 6.07) is 0. The van der Waals surface area contributed by atoms with Crippen LogP contribution in [0.25, 0.3) is 0 Å². The minimum absolute atomic E-state index is 0.0891. The summed E-state index contributed by atoms with van der Waals surface area (Å²) in [5.74, 6) is -0.216. The van der Waals surface area contributed by atoms with Crippen molar-refractivity contribution in [2.75, 3.05) is 6.61 Å². The third-order valence-corrected chi connectivity index (χ3v) is 9.74. The average molecular weight is 387 g/mol. The van der Waals surface area contributed by atoms with Gasteiger partial charge in [0.2, 0.25) is 0 Å². The zero-order chi connectivity index (χ0) is 20.2. The van der Waals surface area contributed by atoms with E-state index in [0.29, 0.717) is 6.42 Å². The molecule has 0 aromatic carbocycles. The van der Waals surface area contributed by atoms with E-state index in [-0.39, 0.29) is 29.8 Å². The molecule has 0 heterocycles. The van der Waals surface area contributed by atoms with E-state index >= 15 is 0 Å². The summed E-state index contributed by atoms with van der Waals surface area (Å²) in [7, 11) is -1.93. The van der Waals surface area contributed by atoms with Gasteiger partial charge >= 0.3 is 5.97 Å². The van der Waals surface area contributed by atoms with Crippen molar-refractivity contribution in [2.45, 2.75) is 109 Å². The van der Waals surface area contributed by atoms with Gasteiger partial charge in [0.1, 0.15) is 6.61 Å². The molecular formula is C21H42O4Si. The van der Waals surface area contributed by atoms with E-state index in [1.807, 2.05) is 0 Å². The molecule has 0 spiro atoms. The molecule has 2 atom stereocenters. The van der Waals surface area contributed by atoms with Crippen molar-refractivity contribution in [1.29, 1.82) is 0 Å². The lowest BCUT2D eigenvalue weighted by Crippen LogP contribution is -2.44. The van der Waals surface area contributed by atoms with Crippen molar-refractivity contribution >= 4 is 14.3 Å². The summed E-state index contributed by atoms with van der Waals surface area (Å²) in [5, 5.41) is 9.92. The highest BCUT2D eigenvalue weighted by molar-refractivity contribution is 6.74. The molecule has 0 fully saturated rings. The van der Waals surface area contributed by atoms with Crippen LogP contribution >= 0.6 is 0 Å². The SMILES string of the molecule is C=CCOC(=O)C[C@H](CCCCC[C@H](O)CCC)O[Si](C)(C)C(C)(C)C. The van der Waals surface area contributed by atoms with Crippen LogP contribution < -0.4 is 0 Å². The summed E-state index contributed by atoms with van der Waals surface area (Å²) >= 11 is 0. The molecule has 0 radical (unpaired) electrons. The Morgan fingerprint density at radius 3 is 2.31 bits per heavy atom. The van der Waals surface area contributed by atoms with Crippen LogP contribution in [0.4, 0.5) is 0 Å². The molecule has 0 amide bonds. The van der Waals surface area contributed by atoms with E-state index in [9.17, 15) is 9.90 Å². The lowest BCUT2D eigenvalue weighted by atomic mass is 10.0. The first-order chi connectivity index (χ1) is 12.0. The normalized spacial score (nSPS) is 14.7. The zero-order valence-corrected chi connectivity index (χ0v) is 19.0. The standard InChI is InChI=1S/C21H42O4Si/c1-8-13-18(22)14-11-10-12-15-19(17-20(23)24-16-9-2)25-26(6,7)21(3,4)5/h9,18-19,22H,2,8,10-17H2,1,3-7H3/t18-,19+/m1/s1. The fraction of sp³-hybridized carbons (Fsp3) is 0.857. The Hall–Kier alpha value is -0.653. The first-order valence-corrected chi connectivity index (χ1v) is 13.1. The van der Waals surface area contributed by atoms with Crippen molar-refractivity contribution in [3.8, 4) is 0 Å². The van der Waals surface area contributed by atoms with Crippen molar-refractivity contribution < 1.29 is 19.1 Å². The lowest BCUT2D eigenvalue weighted by molar-refractivity contribution is -0.144. The van der Waals surface area contributed by atoms with Gasteiger partial charge < -0.3 is 14.3 Å². The number of hydrogen-bond donors (Lipinski definition) is 1. The molecule has 0 unspecified atom stereocenters. The lowest BCUT2D eigenvalue weighted by Gasteiger charge is -2.39. The predicted molar refractivity (Wildman–Crippen MR) is 112 cm³/mol. The minimum atomic E-state index is -1.93. The van der Waals surface area contributed by atoms with Crippen LogP contribution in [0.3, 0.4) is 0 Å². The Kier molecular flexibility index (Phi) is 12.4. The second kappa shape index (κ2) is 12.7.